The Hall–Kier alpha value is -3.70. The van der Waals surface area contributed by atoms with Crippen molar-refractivity contribution in [3.05, 3.63) is 107 Å². The maximum Gasteiger partial charge on any atom is 0.251 e. The van der Waals surface area contributed by atoms with E-state index in [0.29, 0.717) is 34.6 Å². The minimum Gasteiger partial charge on any atom is -0.439 e. The van der Waals surface area contributed by atoms with E-state index in [9.17, 15) is 4.79 Å². The summed E-state index contributed by atoms with van der Waals surface area (Å²) in [6, 6.07) is 24.0. The summed E-state index contributed by atoms with van der Waals surface area (Å²) in [5, 5.41) is 3.56. The van der Waals surface area contributed by atoms with Crippen LogP contribution in [0.2, 0.25) is 5.02 Å². The lowest BCUT2D eigenvalue weighted by Crippen LogP contribution is -2.22. The number of nitrogens with one attached hydrogen (secondary N) is 1. The predicted octanol–water partition coefficient (Wildman–Crippen LogP) is 5.83. The molecule has 0 fully saturated rings. The van der Waals surface area contributed by atoms with E-state index in [0.717, 1.165) is 16.7 Å². The van der Waals surface area contributed by atoms with Gasteiger partial charge in [0, 0.05) is 35.0 Å². The average molecular weight is 430 g/mol. The monoisotopic (exact) mass is 429 g/mol. The number of carbonyl (C=O) groups is 1. The van der Waals surface area contributed by atoms with Gasteiger partial charge >= 0.3 is 0 Å². The van der Waals surface area contributed by atoms with Crippen LogP contribution in [0.3, 0.4) is 0 Å². The zero-order chi connectivity index (χ0) is 21.6. The molecule has 0 aliphatic rings. The zero-order valence-electron chi connectivity index (χ0n) is 16.9. The Morgan fingerprint density at radius 3 is 2.52 bits per heavy atom. The number of aromatic nitrogens is 2. The zero-order valence-corrected chi connectivity index (χ0v) is 17.6. The highest BCUT2D eigenvalue weighted by Gasteiger charge is 2.08. The van der Waals surface area contributed by atoms with Crippen LogP contribution < -0.4 is 10.1 Å². The van der Waals surface area contributed by atoms with Crippen LogP contribution >= 0.6 is 11.6 Å². The highest BCUT2D eigenvalue weighted by atomic mass is 35.5. The van der Waals surface area contributed by atoms with Gasteiger partial charge in [-0.25, -0.2) is 4.98 Å². The van der Waals surface area contributed by atoms with Gasteiger partial charge in [-0.05, 0) is 55.0 Å². The number of hydrogen-bond acceptors (Lipinski definition) is 4. The highest BCUT2D eigenvalue weighted by molar-refractivity contribution is 6.30. The van der Waals surface area contributed by atoms with Crippen LogP contribution in [0.25, 0.3) is 11.4 Å². The van der Waals surface area contributed by atoms with Gasteiger partial charge in [0.1, 0.15) is 5.75 Å². The molecule has 1 heterocycles. The molecule has 0 radical (unpaired) electrons. The molecule has 3 aromatic carbocycles. The van der Waals surface area contributed by atoms with E-state index in [4.69, 9.17) is 16.3 Å². The third-order valence-corrected chi connectivity index (χ3v) is 4.86. The normalized spacial score (nSPS) is 10.5. The van der Waals surface area contributed by atoms with E-state index in [2.05, 4.69) is 15.3 Å². The smallest absolute Gasteiger partial charge is 0.251 e. The van der Waals surface area contributed by atoms with Crippen molar-refractivity contribution in [2.45, 2.75) is 13.5 Å². The van der Waals surface area contributed by atoms with Crippen LogP contribution in [0, 0.1) is 6.92 Å². The fraction of sp³-hybridized carbons (Fsp3) is 0.0800. The minimum atomic E-state index is -0.162. The van der Waals surface area contributed by atoms with E-state index in [-0.39, 0.29) is 5.91 Å². The molecule has 0 unspecified atom stereocenters. The topological polar surface area (TPSA) is 64.1 Å². The van der Waals surface area contributed by atoms with Crippen molar-refractivity contribution in [1.29, 1.82) is 0 Å². The summed E-state index contributed by atoms with van der Waals surface area (Å²) in [7, 11) is 0. The second kappa shape index (κ2) is 9.41. The van der Waals surface area contributed by atoms with Crippen LogP contribution in [0.4, 0.5) is 0 Å². The Labute approximate surface area is 185 Å². The summed E-state index contributed by atoms with van der Waals surface area (Å²) in [5.41, 5.74) is 3.59. The SMILES string of the molecule is Cc1cccc(-c2nccc(Oc3ccc(C(=O)NCc4ccc(Cl)cc4)cc3)n2)c1. The number of rotatable bonds is 6. The number of benzene rings is 3. The first-order valence-corrected chi connectivity index (χ1v) is 10.2. The van der Waals surface area contributed by atoms with Crippen LogP contribution in [0.15, 0.2) is 85.1 Å². The number of nitrogens with zero attached hydrogens (tertiary/aromatic N) is 2. The van der Waals surface area contributed by atoms with E-state index in [1.165, 1.54) is 0 Å². The second-order valence-corrected chi connectivity index (χ2v) is 7.46. The molecule has 4 aromatic rings. The van der Waals surface area contributed by atoms with Gasteiger partial charge in [0.15, 0.2) is 5.82 Å². The number of amides is 1. The van der Waals surface area contributed by atoms with Crippen molar-refractivity contribution in [3.8, 4) is 23.0 Å². The second-order valence-electron chi connectivity index (χ2n) is 7.02. The molecule has 1 aromatic heterocycles. The fourth-order valence-corrected chi connectivity index (χ4v) is 3.13. The molecule has 0 aliphatic heterocycles. The molecule has 0 saturated heterocycles. The molecule has 6 heteroatoms. The summed E-state index contributed by atoms with van der Waals surface area (Å²) in [5.74, 6) is 1.46. The Morgan fingerprint density at radius 1 is 1.00 bits per heavy atom. The first-order chi connectivity index (χ1) is 15.1. The molecule has 0 saturated carbocycles. The van der Waals surface area contributed by atoms with E-state index < -0.39 is 0 Å². The largest absolute Gasteiger partial charge is 0.439 e. The van der Waals surface area contributed by atoms with Gasteiger partial charge in [-0.2, -0.15) is 4.98 Å². The van der Waals surface area contributed by atoms with Crippen LogP contribution in [-0.2, 0) is 6.54 Å². The van der Waals surface area contributed by atoms with Gasteiger partial charge in [-0.15, -0.1) is 0 Å². The third kappa shape index (κ3) is 5.47. The summed E-state index contributed by atoms with van der Waals surface area (Å²) in [6.45, 7) is 2.45. The Kier molecular flexibility index (Phi) is 6.24. The Bertz CT molecular complexity index is 1190. The van der Waals surface area contributed by atoms with Crippen molar-refractivity contribution in [1.82, 2.24) is 15.3 Å². The van der Waals surface area contributed by atoms with Gasteiger partial charge in [0.05, 0.1) is 0 Å². The number of hydrogen-bond donors (Lipinski definition) is 1. The summed E-state index contributed by atoms with van der Waals surface area (Å²) >= 11 is 5.88. The molecule has 1 amide bonds. The number of halogens is 1. The maximum atomic E-state index is 12.4. The van der Waals surface area contributed by atoms with Crippen molar-refractivity contribution < 1.29 is 9.53 Å². The van der Waals surface area contributed by atoms with Gasteiger partial charge < -0.3 is 10.1 Å². The first-order valence-electron chi connectivity index (χ1n) is 9.77. The van der Waals surface area contributed by atoms with Crippen molar-refractivity contribution in [2.75, 3.05) is 0 Å². The number of ether oxygens (including phenoxy) is 1. The molecule has 4 rings (SSSR count). The fourth-order valence-electron chi connectivity index (χ4n) is 3.00. The van der Waals surface area contributed by atoms with Gasteiger partial charge in [-0.1, -0.05) is 47.5 Å². The molecule has 0 bridgehead atoms. The standard InChI is InChI=1S/C25H20ClN3O2/c1-17-3-2-4-20(15-17)24-27-14-13-23(29-24)31-22-11-7-19(8-12-22)25(30)28-16-18-5-9-21(26)10-6-18/h2-15H,16H2,1H3,(H,28,30). The highest BCUT2D eigenvalue weighted by Crippen LogP contribution is 2.23. The van der Waals surface area contributed by atoms with Crippen molar-refractivity contribution in [3.63, 3.8) is 0 Å². The quantitative estimate of drug-likeness (QED) is 0.419. The third-order valence-electron chi connectivity index (χ3n) is 4.61. The van der Waals surface area contributed by atoms with Crippen LogP contribution in [0.1, 0.15) is 21.5 Å². The molecule has 31 heavy (non-hydrogen) atoms. The molecule has 1 N–H and O–H groups in total. The number of carbonyl (C=O) groups excluding carboxylic acids is 1. The molecule has 5 nitrogen and oxygen atoms in total. The van der Waals surface area contributed by atoms with Gasteiger partial charge in [0.25, 0.3) is 5.91 Å². The Balaban J connectivity index is 1.40. The maximum absolute atomic E-state index is 12.4. The first kappa shape index (κ1) is 20.6. The van der Waals surface area contributed by atoms with Gasteiger partial charge in [0.2, 0.25) is 5.88 Å². The predicted molar refractivity (Wildman–Crippen MR) is 121 cm³/mol. The van der Waals surface area contributed by atoms with E-state index in [1.54, 1.807) is 48.7 Å². The molecule has 0 aliphatic carbocycles. The van der Waals surface area contributed by atoms with E-state index in [1.807, 2.05) is 43.3 Å². The summed E-state index contributed by atoms with van der Waals surface area (Å²) < 4.78 is 5.85. The molecule has 0 atom stereocenters. The minimum absolute atomic E-state index is 0.162. The molecule has 154 valence electrons. The van der Waals surface area contributed by atoms with Crippen molar-refractivity contribution in [2.24, 2.45) is 0 Å². The summed E-state index contributed by atoms with van der Waals surface area (Å²) in [4.78, 5) is 21.2. The lowest BCUT2D eigenvalue weighted by Gasteiger charge is -2.08. The van der Waals surface area contributed by atoms with E-state index >= 15 is 0 Å². The molecular formula is C25H20ClN3O2. The molecular weight excluding hydrogens is 410 g/mol. The Morgan fingerprint density at radius 2 is 1.77 bits per heavy atom. The van der Waals surface area contributed by atoms with Crippen LogP contribution in [-0.4, -0.2) is 15.9 Å². The number of aryl methyl sites for hydroxylation is 1. The average Bonchev–Trinajstić information content (AvgIpc) is 2.79. The van der Waals surface area contributed by atoms with Crippen LogP contribution in [0.5, 0.6) is 11.6 Å². The lowest BCUT2D eigenvalue weighted by molar-refractivity contribution is 0.0951. The summed E-state index contributed by atoms with van der Waals surface area (Å²) in [6.07, 6.45) is 1.67. The lowest BCUT2D eigenvalue weighted by atomic mass is 10.1. The molecule has 0 spiro atoms. The van der Waals surface area contributed by atoms with Crippen molar-refractivity contribution >= 4 is 17.5 Å². The van der Waals surface area contributed by atoms with Gasteiger partial charge in [-0.3, -0.25) is 4.79 Å².